The van der Waals surface area contributed by atoms with Gasteiger partial charge >= 0.3 is 5.69 Å². The van der Waals surface area contributed by atoms with Gasteiger partial charge in [-0.1, -0.05) is 12.1 Å². The van der Waals surface area contributed by atoms with Gasteiger partial charge in [-0.2, -0.15) is 17.0 Å². The second-order valence-corrected chi connectivity index (χ2v) is 8.26. The van der Waals surface area contributed by atoms with Crippen LogP contribution in [0.2, 0.25) is 0 Å². The number of nitro benzene ring substituents is 1. The maximum absolute atomic E-state index is 12.6. The summed E-state index contributed by atoms with van der Waals surface area (Å²) >= 11 is 0. The van der Waals surface area contributed by atoms with Gasteiger partial charge in [0.2, 0.25) is 0 Å². The summed E-state index contributed by atoms with van der Waals surface area (Å²) in [7, 11) is -3.43. The Hall–Kier alpha value is -1.79. The van der Waals surface area contributed by atoms with E-state index in [9.17, 15) is 18.5 Å². The van der Waals surface area contributed by atoms with Gasteiger partial charge in [0, 0.05) is 51.9 Å². The van der Waals surface area contributed by atoms with Crippen LogP contribution >= 0.6 is 0 Å². The average molecular weight is 400 g/mol. The first kappa shape index (κ1) is 20.0. The lowest BCUT2D eigenvalue weighted by molar-refractivity contribution is -0.385. The Morgan fingerprint density at radius 1 is 1.04 bits per heavy atom. The van der Waals surface area contributed by atoms with Gasteiger partial charge in [-0.3, -0.25) is 15.0 Å². The van der Waals surface area contributed by atoms with Crippen LogP contribution < -0.4 is 4.74 Å². The highest BCUT2D eigenvalue weighted by Gasteiger charge is 2.33. The van der Waals surface area contributed by atoms with Crippen molar-refractivity contribution in [3.8, 4) is 5.75 Å². The van der Waals surface area contributed by atoms with Crippen molar-refractivity contribution in [2.24, 2.45) is 0 Å². The molecule has 150 valence electrons. The molecule has 2 heterocycles. The minimum atomic E-state index is -3.43. The molecule has 1 aromatic carbocycles. The van der Waals surface area contributed by atoms with Gasteiger partial charge in [-0.05, 0) is 6.07 Å². The molecular weight excluding hydrogens is 376 g/mol. The molecule has 2 aliphatic rings. The topological polar surface area (TPSA) is 105 Å². The van der Waals surface area contributed by atoms with E-state index in [2.05, 4.69) is 4.90 Å². The minimum Gasteiger partial charge on any atom is -0.485 e. The Bertz CT molecular complexity index is 745. The lowest BCUT2D eigenvalue weighted by atomic mass is 10.3. The molecule has 0 radical (unpaired) electrons. The number of rotatable bonds is 7. The Kier molecular flexibility index (Phi) is 6.60. The summed E-state index contributed by atoms with van der Waals surface area (Å²) in [5.41, 5.74) is -0.0566. The second kappa shape index (κ2) is 8.93. The van der Waals surface area contributed by atoms with Crippen molar-refractivity contribution in [3.05, 3.63) is 34.4 Å². The van der Waals surface area contributed by atoms with Crippen molar-refractivity contribution in [2.75, 3.05) is 65.6 Å². The number of para-hydroxylation sites is 2. The van der Waals surface area contributed by atoms with Crippen LogP contribution in [0.1, 0.15) is 0 Å². The van der Waals surface area contributed by atoms with Crippen molar-refractivity contribution in [1.82, 2.24) is 13.5 Å². The number of hydrogen-bond acceptors (Lipinski definition) is 7. The fraction of sp³-hybridized carbons (Fsp3) is 0.625. The molecule has 0 amide bonds. The van der Waals surface area contributed by atoms with E-state index in [-0.39, 0.29) is 11.4 Å². The summed E-state index contributed by atoms with van der Waals surface area (Å²) in [5.74, 6) is 0.246. The molecule has 27 heavy (non-hydrogen) atoms. The number of ether oxygens (including phenoxy) is 2. The molecule has 1 aromatic rings. The standard InChI is InChI=1S/C16H24N4O6S/c21-20(22)15-3-1-2-4-16(15)26-14-9-17-5-7-18(8-6-17)27(23,24)19-10-12-25-13-11-19/h1-4H,5-14H2. The normalized spacial score (nSPS) is 20.4. The molecule has 0 saturated carbocycles. The first-order valence-electron chi connectivity index (χ1n) is 8.90. The van der Waals surface area contributed by atoms with Crippen molar-refractivity contribution in [1.29, 1.82) is 0 Å². The summed E-state index contributed by atoms with van der Waals surface area (Å²) in [6, 6.07) is 6.27. The molecular formula is C16H24N4O6S. The van der Waals surface area contributed by atoms with E-state index in [0.29, 0.717) is 65.6 Å². The molecule has 11 heteroatoms. The predicted octanol–water partition coefficient (Wildman–Crippen LogP) is 0.168. The molecule has 3 rings (SSSR count). The smallest absolute Gasteiger partial charge is 0.310 e. The van der Waals surface area contributed by atoms with Gasteiger partial charge in [0.05, 0.1) is 18.1 Å². The maximum Gasteiger partial charge on any atom is 0.310 e. The average Bonchev–Trinajstić information content (AvgIpc) is 2.69. The predicted molar refractivity (Wildman–Crippen MR) is 97.9 cm³/mol. The van der Waals surface area contributed by atoms with E-state index < -0.39 is 15.1 Å². The van der Waals surface area contributed by atoms with Gasteiger partial charge in [0.1, 0.15) is 6.61 Å². The molecule has 0 N–H and O–H groups in total. The third-order valence-electron chi connectivity index (χ3n) is 4.68. The number of morpholine rings is 1. The number of nitrogens with zero attached hydrogens (tertiary/aromatic N) is 4. The third-order valence-corrected chi connectivity index (χ3v) is 6.72. The number of nitro groups is 1. The molecule has 2 fully saturated rings. The van der Waals surface area contributed by atoms with Crippen LogP contribution in [0.4, 0.5) is 5.69 Å². The molecule has 0 atom stereocenters. The van der Waals surface area contributed by atoms with E-state index in [0.717, 1.165) is 0 Å². The lowest BCUT2D eigenvalue weighted by Gasteiger charge is -2.37. The largest absolute Gasteiger partial charge is 0.485 e. The highest BCUT2D eigenvalue weighted by atomic mass is 32.2. The molecule has 0 bridgehead atoms. The molecule has 0 unspecified atom stereocenters. The molecule has 0 spiro atoms. The fourth-order valence-electron chi connectivity index (χ4n) is 3.14. The Morgan fingerprint density at radius 2 is 1.67 bits per heavy atom. The molecule has 2 saturated heterocycles. The van der Waals surface area contributed by atoms with E-state index in [1.165, 1.54) is 14.7 Å². The van der Waals surface area contributed by atoms with Crippen LogP contribution in [0.25, 0.3) is 0 Å². The zero-order valence-corrected chi connectivity index (χ0v) is 15.8. The minimum absolute atomic E-state index is 0.0566. The van der Waals surface area contributed by atoms with E-state index in [4.69, 9.17) is 9.47 Å². The van der Waals surface area contributed by atoms with Gasteiger partial charge in [0.25, 0.3) is 10.2 Å². The van der Waals surface area contributed by atoms with Crippen LogP contribution in [0.15, 0.2) is 24.3 Å². The highest BCUT2D eigenvalue weighted by Crippen LogP contribution is 2.25. The number of hydrogen-bond donors (Lipinski definition) is 0. The lowest BCUT2D eigenvalue weighted by Crippen LogP contribution is -2.55. The van der Waals surface area contributed by atoms with E-state index in [1.54, 1.807) is 18.2 Å². The molecule has 0 aromatic heterocycles. The van der Waals surface area contributed by atoms with E-state index >= 15 is 0 Å². The zero-order valence-electron chi connectivity index (χ0n) is 15.0. The van der Waals surface area contributed by atoms with Crippen molar-refractivity contribution in [3.63, 3.8) is 0 Å². The van der Waals surface area contributed by atoms with Crippen LogP contribution in [0.3, 0.4) is 0 Å². The Morgan fingerprint density at radius 3 is 2.33 bits per heavy atom. The van der Waals surface area contributed by atoms with Gasteiger partial charge < -0.3 is 9.47 Å². The monoisotopic (exact) mass is 400 g/mol. The third kappa shape index (κ3) is 4.93. The zero-order chi connectivity index (χ0) is 19.3. The summed E-state index contributed by atoms with van der Waals surface area (Å²) in [6.07, 6.45) is 0. The quantitative estimate of drug-likeness (QED) is 0.474. The van der Waals surface area contributed by atoms with Gasteiger partial charge in [-0.15, -0.1) is 0 Å². The van der Waals surface area contributed by atoms with Gasteiger partial charge in [-0.25, -0.2) is 0 Å². The number of benzene rings is 1. The Labute approximate surface area is 158 Å². The second-order valence-electron chi connectivity index (χ2n) is 6.33. The summed E-state index contributed by atoms with van der Waals surface area (Å²) in [6.45, 7) is 4.59. The SMILES string of the molecule is O=[N+]([O-])c1ccccc1OCCN1CCN(S(=O)(=O)N2CCOCC2)CC1. The van der Waals surface area contributed by atoms with Crippen LogP contribution in [-0.4, -0.2) is 92.5 Å². The van der Waals surface area contributed by atoms with Crippen molar-refractivity contribution >= 4 is 15.9 Å². The fourth-order valence-corrected chi connectivity index (χ4v) is 4.70. The Balaban J connectivity index is 1.45. The summed E-state index contributed by atoms with van der Waals surface area (Å²) in [5, 5.41) is 11.0. The van der Waals surface area contributed by atoms with Crippen LogP contribution in [-0.2, 0) is 14.9 Å². The van der Waals surface area contributed by atoms with Crippen molar-refractivity contribution in [2.45, 2.75) is 0 Å². The van der Waals surface area contributed by atoms with Crippen molar-refractivity contribution < 1.29 is 22.8 Å². The molecule has 10 nitrogen and oxygen atoms in total. The first-order chi connectivity index (χ1) is 13.0. The van der Waals surface area contributed by atoms with E-state index in [1.807, 2.05) is 0 Å². The van der Waals surface area contributed by atoms with Crippen LogP contribution in [0, 0.1) is 10.1 Å². The molecule has 2 aliphatic heterocycles. The summed E-state index contributed by atoms with van der Waals surface area (Å²) in [4.78, 5) is 12.6. The first-order valence-corrected chi connectivity index (χ1v) is 10.3. The number of piperazine rings is 1. The van der Waals surface area contributed by atoms with Crippen LogP contribution in [0.5, 0.6) is 5.75 Å². The molecule has 0 aliphatic carbocycles. The summed E-state index contributed by atoms with van der Waals surface area (Å²) < 4.78 is 39.0. The van der Waals surface area contributed by atoms with Gasteiger partial charge in [0.15, 0.2) is 5.75 Å². The maximum atomic E-state index is 12.6. The highest BCUT2D eigenvalue weighted by molar-refractivity contribution is 7.86.